The highest BCUT2D eigenvalue weighted by Crippen LogP contribution is 2.33. The summed E-state index contributed by atoms with van der Waals surface area (Å²) in [6, 6.07) is 9.80. The Labute approximate surface area is 139 Å². The highest BCUT2D eigenvalue weighted by atomic mass is 32.1. The van der Waals surface area contributed by atoms with Crippen molar-refractivity contribution in [1.82, 2.24) is 5.16 Å². The van der Waals surface area contributed by atoms with Crippen molar-refractivity contribution in [3.05, 3.63) is 57.8 Å². The SMILES string of the molecule is Cc1ccc(C)c(NC(=O)c2ccc(-c3c(C)noc3C)s2)c1. The first-order valence-corrected chi connectivity index (χ1v) is 8.19. The molecule has 1 aromatic carbocycles. The number of aryl methyl sites for hydroxylation is 4. The Morgan fingerprint density at radius 1 is 1.13 bits per heavy atom. The van der Waals surface area contributed by atoms with Gasteiger partial charge in [0.15, 0.2) is 0 Å². The van der Waals surface area contributed by atoms with Gasteiger partial charge in [-0.05, 0) is 57.0 Å². The third-order valence-corrected chi connectivity index (χ3v) is 4.85. The predicted octanol–water partition coefficient (Wildman–Crippen LogP) is 4.89. The van der Waals surface area contributed by atoms with E-state index in [1.165, 1.54) is 11.3 Å². The summed E-state index contributed by atoms with van der Waals surface area (Å²) in [6.45, 7) is 7.78. The Balaban J connectivity index is 1.86. The maximum absolute atomic E-state index is 12.5. The lowest BCUT2D eigenvalue weighted by Crippen LogP contribution is -2.11. The number of hydrogen-bond acceptors (Lipinski definition) is 4. The molecule has 0 unspecified atom stereocenters. The molecule has 0 spiro atoms. The first-order chi connectivity index (χ1) is 11.0. The number of nitrogens with one attached hydrogen (secondary N) is 1. The second-order valence-electron chi connectivity index (χ2n) is 5.64. The van der Waals surface area contributed by atoms with E-state index in [0.29, 0.717) is 4.88 Å². The van der Waals surface area contributed by atoms with Gasteiger partial charge in [0.1, 0.15) is 5.76 Å². The summed E-state index contributed by atoms with van der Waals surface area (Å²) in [6.07, 6.45) is 0. The van der Waals surface area contributed by atoms with E-state index in [2.05, 4.69) is 10.5 Å². The van der Waals surface area contributed by atoms with Gasteiger partial charge in [-0.2, -0.15) is 0 Å². The topological polar surface area (TPSA) is 55.1 Å². The van der Waals surface area contributed by atoms with Crippen LogP contribution >= 0.6 is 11.3 Å². The Morgan fingerprint density at radius 2 is 1.91 bits per heavy atom. The minimum absolute atomic E-state index is 0.0956. The largest absolute Gasteiger partial charge is 0.361 e. The molecule has 1 amide bonds. The molecule has 23 heavy (non-hydrogen) atoms. The number of aromatic nitrogens is 1. The zero-order valence-electron chi connectivity index (χ0n) is 13.6. The Bertz CT molecular complexity index is 858. The van der Waals surface area contributed by atoms with Crippen molar-refractivity contribution in [2.24, 2.45) is 0 Å². The first-order valence-electron chi connectivity index (χ1n) is 7.37. The summed E-state index contributed by atoms with van der Waals surface area (Å²) in [4.78, 5) is 14.2. The van der Waals surface area contributed by atoms with Gasteiger partial charge in [-0.15, -0.1) is 11.3 Å². The van der Waals surface area contributed by atoms with Crippen LogP contribution in [0.2, 0.25) is 0 Å². The van der Waals surface area contributed by atoms with Crippen molar-refractivity contribution in [2.75, 3.05) is 5.32 Å². The van der Waals surface area contributed by atoms with Crippen molar-refractivity contribution in [3.63, 3.8) is 0 Å². The zero-order valence-corrected chi connectivity index (χ0v) is 14.4. The Morgan fingerprint density at radius 3 is 2.61 bits per heavy atom. The standard InChI is InChI=1S/C18H18N2O2S/c1-10-5-6-11(2)14(9-10)19-18(21)16-8-7-15(23-16)17-12(3)20-22-13(17)4/h5-9H,1-4H3,(H,19,21). The normalized spacial score (nSPS) is 10.8. The summed E-state index contributed by atoms with van der Waals surface area (Å²) in [5, 5.41) is 6.95. The monoisotopic (exact) mass is 326 g/mol. The molecule has 0 aliphatic rings. The number of rotatable bonds is 3. The Hall–Kier alpha value is -2.40. The van der Waals surface area contributed by atoms with Gasteiger partial charge >= 0.3 is 0 Å². The molecule has 0 saturated carbocycles. The number of nitrogens with zero attached hydrogens (tertiary/aromatic N) is 1. The van der Waals surface area contributed by atoms with Gasteiger partial charge in [0.2, 0.25) is 0 Å². The maximum Gasteiger partial charge on any atom is 0.265 e. The van der Waals surface area contributed by atoms with Crippen LogP contribution in [0.25, 0.3) is 10.4 Å². The fraction of sp³-hybridized carbons (Fsp3) is 0.222. The third-order valence-electron chi connectivity index (χ3n) is 3.75. The molecule has 0 saturated heterocycles. The average Bonchev–Trinajstić information content (AvgIpc) is 3.10. The number of anilines is 1. The van der Waals surface area contributed by atoms with Crippen LogP contribution in [0.15, 0.2) is 34.9 Å². The molecule has 4 nitrogen and oxygen atoms in total. The first kappa shape index (κ1) is 15.5. The fourth-order valence-corrected chi connectivity index (χ4v) is 3.53. The average molecular weight is 326 g/mol. The summed E-state index contributed by atoms with van der Waals surface area (Å²) in [7, 11) is 0. The van der Waals surface area contributed by atoms with Crippen molar-refractivity contribution in [2.45, 2.75) is 27.7 Å². The number of carbonyl (C=O) groups excluding carboxylic acids is 1. The van der Waals surface area contributed by atoms with Gasteiger partial charge in [0, 0.05) is 10.6 Å². The lowest BCUT2D eigenvalue weighted by molar-refractivity contribution is 0.103. The molecule has 3 rings (SSSR count). The Kier molecular flexibility index (Phi) is 4.05. The molecule has 1 N–H and O–H groups in total. The van der Waals surface area contributed by atoms with Crippen LogP contribution in [0.4, 0.5) is 5.69 Å². The molecule has 0 fully saturated rings. The fourth-order valence-electron chi connectivity index (χ4n) is 2.48. The van der Waals surface area contributed by atoms with Crippen LogP contribution in [0.3, 0.4) is 0 Å². The summed E-state index contributed by atoms with van der Waals surface area (Å²) >= 11 is 1.44. The van der Waals surface area contributed by atoms with Crippen LogP contribution in [-0.2, 0) is 0 Å². The number of carbonyl (C=O) groups is 1. The van der Waals surface area contributed by atoms with E-state index in [-0.39, 0.29) is 5.91 Å². The van der Waals surface area contributed by atoms with E-state index in [4.69, 9.17) is 4.52 Å². The minimum Gasteiger partial charge on any atom is -0.361 e. The summed E-state index contributed by atoms with van der Waals surface area (Å²) in [5.74, 6) is 0.674. The molecule has 0 atom stereocenters. The van der Waals surface area contributed by atoms with Crippen LogP contribution in [-0.4, -0.2) is 11.1 Å². The molecule has 0 radical (unpaired) electrons. The zero-order chi connectivity index (χ0) is 16.6. The van der Waals surface area contributed by atoms with Crippen molar-refractivity contribution in [3.8, 4) is 10.4 Å². The molecule has 0 aliphatic carbocycles. The molecule has 2 aromatic heterocycles. The second-order valence-corrected chi connectivity index (χ2v) is 6.72. The lowest BCUT2D eigenvalue weighted by Gasteiger charge is -2.08. The van der Waals surface area contributed by atoms with Crippen molar-refractivity contribution < 1.29 is 9.32 Å². The molecule has 0 bridgehead atoms. The summed E-state index contributed by atoms with van der Waals surface area (Å²) in [5.41, 5.74) is 4.83. The van der Waals surface area contributed by atoms with E-state index >= 15 is 0 Å². The number of amides is 1. The van der Waals surface area contributed by atoms with Crippen LogP contribution < -0.4 is 5.32 Å². The minimum atomic E-state index is -0.0956. The van der Waals surface area contributed by atoms with Gasteiger partial charge < -0.3 is 9.84 Å². The van der Waals surface area contributed by atoms with E-state index in [0.717, 1.165) is 38.7 Å². The quantitative estimate of drug-likeness (QED) is 0.745. The van der Waals surface area contributed by atoms with Gasteiger partial charge in [0.25, 0.3) is 5.91 Å². The van der Waals surface area contributed by atoms with E-state index in [9.17, 15) is 4.79 Å². The third kappa shape index (κ3) is 3.05. The number of thiophene rings is 1. The molecule has 0 aliphatic heterocycles. The van der Waals surface area contributed by atoms with Crippen LogP contribution in [0, 0.1) is 27.7 Å². The lowest BCUT2D eigenvalue weighted by atomic mass is 10.1. The van der Waals surface area contributed by atoms with E-state index < -0.39 is 0 Å². The molecule has 2 heterocycles. The van der Waals surface area contributed by atoms with Gasteiger partial charge in [-0.1, -0.05) is 17.3 Å². The highest BCUT2D eigenvalue weighted by Gasteiger charge is 2.16. The molecular formula is C18H18N2O2S. The molecule has 3 aromatic rings. The van der Waals surface area contributed by atoms with E-state index in [1.54, 1.807) is 0 Å². The second kappa shape index (κ2) is 6.01. The number of benzene rings is 1. The van der Waals surface area contributed by atoms with E-state index in [1.807, 2.05) is 58.0 Å². The van der Waals surface area contributed by atoms with Crippen molar-refractivity contribution >= 4 is 22.9 Å². The van der Waals surface area contributed by atoms with Gasteiger partial charge in [-0.25, -0.2) is 0 Å². The summed E-state index contributed by atoms with van der Waals surface area (Å²) < 4.78 is 5.20. The molecular weight excluding hydrogens is 308 g/mol. The predicted molar refractivity (Wildman–Crippen MR) is 93.2 cm³/mol. The van der Waals surface area contributed by atoms with Crippen molar-refractivity contribution in [1.29, 1.82) is 0 Å². The van der Waals surface area contributed by atoms with Gasteiger partial charge in [-0.3, -0.25) is 4.79 Å². The molecule has 5 heteroatoms. The van der Waals surface area contributed by atoms with Crippen LogP contribution in [0.1, 0.15) is 32.3 Å². The van der Waals surface area contributed by atoms with Crippen LogP contribution in [0.5, 0.6) is 0 Å². The smallest absolute Gasteiger partial charge is 0.265 e. The molecule has 118 valence electrons. The number of hydrogen-bond donors (Lipinski definition) is 1. The maximum atomic E-state index is 12.5. The van der Waals surface area contributed by atoms with Gasteiger partial charge in [0.05, 0.1) is 16.1 Å². The highest BCUT2D eigenvalue weighted by molar-refractivity contribution is 7.17.